The van der Waals surface area contributed by atoms with Crippen molar-refractivity contribution in [2.75, 3.05) is 19.6 Å². The van der Waals surface area contributed by atoms with Crippen molar-refractivity contribution in [3.63, 3.8) is 0 Å². The van der Waals surface area contributed by atoms with Gasteiger partial charge in [0.2, 0.25) is 10.0 Å². The van der Waals surface area contributed by atoms with E-state index in [-0.39, 0.29) is 14.9 Å². The van der Waals surface area contributed by atoms with Crippen molar-refractivity contribution in [1.29, 1.82) is 0 Å². The predicted octanol–water partition coefficient (Wildman–Crippen LogP) is 3.01. The van der Waals surface area contributed by atoms with Crippen LogP contribution in [0.25, 0.3) is 0 Å². The summed E-state index contributed by atoms with van der Waals surface area (Å²) < 4.78 is 26.6. The summed E-state index contributed by atoms with van der Waals surface area (Å²) in [6, 6.07) is 2.77. The predicted molar refractivity (Wildman–Crippen MR) is 82.0 cm³/mol. The van der Waals surface area contributed by atoms with Crippen molar-refractivity contribution in [2.45, 2.75) is 17.7 Å². The standard InChI is InChI=1S/C12H15Cl3N2O2S/c13-9-5-10(14)12(11(15)6-9)20(18,19)17-3-1-8(7-16)2-4-17/h5-6,8H,1-4,7,16H2. The monoisotopic (exact) mass is 356 g/mol. The second kappa shape index (κ2) is 6.38. The molecular formula is C12H15Cl3N2O2S. The molecule has 4 nitrogen and oxygen atoms in total. The average Bonchev–Trinajstić information content (AvgIpc) is 2.37. The summed E-state index contributed by atoms with van der Waals surface area (Å²) in [5.74, 6) is 0.373. The van der Waals surface area contributed by atoms with Gasteiger partial charge < -0.3 is 5.73 Å². The minimum absolute atomic E-state index is 0.0449. The number of nitrogens with zero attached hydrogens (tertiary/aromatic N) is 1. The van der Waals surface area contributed by atoms with E-state index in [0.29, 0.717) is 30.6 Å². The molecule has 20 heavy (non-hydrogen) atoms. The van der Waals surface area contributed by atoms with Crippen molar-refractivity contribution in [1.82, 2.24) is 4.31 Å². The van der Waals surface area contributed by atoms with Gasteiger partial charge in [0.25, 0.3) is 0 Å². The molecule has 1 heterocycles. The molecule has 0 bridgehead atoms. The van der Waals surface area contributed by atoms with Crippen molar-refractivity contribution in [3.8, 4) is 0 Å². The summed E-state index contributed by atoms with van der Waals surface area (Å²) in [5.41, 5.74) is 5.61. The highest BCUT2D eigenvalue weighted by Crippen LogP contribution is 2.35. The summed E-state index contributed by atoms with van der Waals surface area (Å²) in [5, 5.41) is 0.396. The third-order valence-corrected chi connectivity index (χ3v) is 6.51. The van der Waals surface area contributed by atoms with Gasteiger partial charge in [0.05, 0.1) is 10.0 Å². The highest BCUT2D eigenvalue weighted by Gasteiger charge is 2.32. The van der Waals surface area contributed by atoms with Crippen LogP contribution in [0, 0.1) is 5.92 Å². The van der Waals surface area contributed by atoms with Crippen LogP contribution < -0.4 is 5.73 Å². The Bertz CT molecular complexity index is 576. The minimum Gasteiger partial charge on any atom is -0.330 e. The number of hydrogen-bond donors (Lipinski definition) is 1. The molecule has 0 spiro atoms. The Morgan fingerprint density at radius 1 is 1.15 bits per heavy atom. The zero-order chi connectivity index (χ0) is 14.9. The van der Waals surface area contributed by atoms with E-state index in [9.17, 15) is 8.42 Å². The van der Waals surface area contributed by atoms with E-state index < -0.39 is 10.0 Å². The maximum Gasteiger partial charge on any atom is 0.246 e. The second-order valence-electron chi connectivity index (χ2n) is 4.78. The summed E-state index contributed by atoms with van der Waals surface area (Å²) in [6.45, 7) is 1.44. The number of halogens is 3. The first-order valence-electron chi connectivity index (χ1n) is 6.21. The molecule has 112 valence electrons. The SMILES string of the molecule is NCC1CCN(S(=O)(=O)c2c(Cl)cc(Cl)cc2Cl)CC1. The summed E-state index contributed by atoms with van der Waals surface area (Å²) in [6.07, 6.45) is 1.50. The van der Waals surface area contributed by atoms with Crippen LogP contribution in [0.1, 0.15) is 12.8 Å². The molecule has 0 amide bonds. The Balaban J connectivity index is 2.32. The molecular weight excluding hydrogens is 343 g/mol. The van der Waals surface area contributed by atoms with Crippen LogP contribution in [-0.4, -0.2) is 32.4 Å². The van der Waals surface area contributed by atoms with Crippen molar-refractivity contribution in [2.24, 2.45) is 11.7 Å². The Labute approximate surface area is 133 Å². The number of nitrogens with two attached hydrogens (primary N) is 1. The normalized spacial score (nSPS) is 18.4. The molecule has 2 N–H and O–H groups in total. The van der Waals surface area contributed by atoms with E-state index in [0.717, 1.165) is 12.8 Å². The molecule has 0 unspecified atom stereocenters. The quantitative estimate of drug-likeness (QED) is 0.904. The first-order chi connectivity index (χ1) is 9.36. The highest BCUT2D eigenvalue weighted by molar-refractivity contribution is 7.89. The lowest BCUT2D eigenvalue weighted by atomic mass is 9.99. The first-order valence-corrected chi connectivity index (χ1v) is 8.78. The molecule has 1 aliphatic rings. The van der Waals surface area contributed by atoms with Gasteiger partial charge in [0.1, 0.15) is 4.90 Å². The fraction of sp³-hybridized carbons (Fsp3) is 0.500. The fourth-order valence-corrected chi connectivity index (χ4v) is 5.25. The second-order valence-corrected chi connectivity index (χ2v) is 7.91. The van der Waals surface area contributed by atoms with Crippen molar-refractivity contribution in [3.05, 3.63) is 27.2 Å². The van der Waals surface area contributed by atoms with E-state index in [4.69, 9.17) is 40.5 Å². The molecule has 0 saturated carbocycles. The van der Waals surface area contributed by atoms with Gasteiger partial charge in [-0.3, -0.25) is 0 Å². The largest absolute Gasteiger partial charge is 0.330 e. The summed E-state index contributed by atoms with van der Waals surface area (Å²) in [7, 11) is -3.70. The van der Waals surface area contributed by atoms with E-state index >= 15 is 0 Å². The van der Waals surface area contributed by atoms with Crippen LogP contribution >= 0.6 is 34.8 Å². The zero-order valence-corrected chi connectivity index (χ0v) is 13.7. The number of piperidine rings is 1. The summed E-state index contributed by atoms with van der Waals surface area (Å²) >= 11 is 17.8. The Morgan fingerprint density at radius 2 is 1.65 bits per heavy atom. The summed E-state index contributed by atoms with van der Waals surface area (Å²) in [4.78, 5) is -0.0727. The van der Waals surface area contributed by atoms with Crippen LogP contribution in [0.2, 0.25) is 15.1 Å². The Morgan fingerprint density at radius 3 is 2.10 bits per heavy atom. The third kappa shape index (κ3) is 3.24. The van der Waals surface area contributed by atoms with Gasteiger partial charge in [-0.25, -0.2) is 8.42 Å². The van der Waals surface area contributed by atoms with Crippen LogP contribution in [0.15, 0.2) is 17.0 Å². The molecule has 0 aliphatic carbocycles. The highest BCUT2D eigenvalue weighted by atomic mass is 35.5. The molecule has 0 radical (unpaired) electrons. The lowest BCUT2D eigenvalue weighted by Crippen LogP contribution is -2.40. The third-order valence-electron chi connectivity index (χ3n) is 3.47. The van der Waals surface area contributed by atoms with Gasteiger partial charge in [-0.15, -0.1) is 0 Å². The molecule has 8 heteroatoms. The van der Waals surface area contributed by atoms with Crippen LogP contribution in [-0.2, 0) is 10.0 Å². The van der Waals surface area contributed by atoms with Gasteiger partial charge in [-0.1, -0.05) is 34.8 Å². The fourth-order valence-electron chi connectivity index (χ4n) is 2.29. The number of benzene rings is 1. The van der Waals surface area contributed by atoms with E-state index in [1.807, 2.05) is 0 Å². The molecule has 1 aromatic carbocycles. The lowest BCUT2D eigenvalue weighted by molar-refractivity contribution is 0.278. The van der Waals surface area contributed by atoms with Gasteiger partial charge in [-0.05, 0) is 37.4 Å². The Hall–Kier alpha value is -0.0400. The number of rotatable bonds is 3. The van der Waals surface area contributed by atoms with Gasteiger partial charge >= 0.3 is 0 Å². The Kier molecular flexibility index (Phi) is 5.21. The average molecular weight is 358 g/mol. The molecule has 0 atom stereocenters. The smallest absolute Gasteiger partial charge is 0.246 e. The van der Waals surface area contributed by atoms with Crippen molar-refractivity contribution < 1.29 is 8.42 Å². The molecule has 1 aromatic rings. The molecule has 1 aliphatic heterocycles. The topological polar surface area (TPSA) is 63.4 Å². The lowest BCUT2D eigenvalue weighted by Gasteiger charge is -2.31. The van der Waals surface area contributed by atoms with Crippen LogP contribution in [0.4, 0.5) is 0 Å². The maximum atomic E-state index is 12.6. The van der Waals surface area contributed by atoms with E-state index in [2.05, 4.69) is 0 Å². The van der Waals surface area contributed by atoms with Crippen molar-refractivity contribution >= 4 is 44.8 Å². The minimum atomic E-state index is -3.70. The van der Waals surface area contributed by atoms with Crippen LogP contribution in [0.3, 0.4) is 0 Å². The number of hydrogen-bond acceptors (Lipinski definition) is 3. The molecule has 2 rings (SSSR count). The zero-order valence-electron chi connectivity index (χ0n) is 10.7. The van der Waals surface area contributed by atoms with E-state index in [1.54, 1.807) is 0 Å². The first kappa shape index (κ1) is 16.3. The van der Waals surface area contributed by atoms with Crippen LogP contribution in [0.5, 0.6) is 0 Å². The van der Waals surface area contributed by atoms with Gasteiger partial charge in [0.15, 0.2) is 0 Å². The molecule has 0 aromatic heterocycles. The van der Waals surface area contributed by atoms with E-state index in [1.165, 1.54) is 16.4 Å². The number of sulfonamides is 1. The molecule has 1 fully saturated rings. The van der Waals surface area contributed by atoms with Gasteiger partial charge in [-0.2, -0.15) is 4.31 Å². The maximum absolute atomic E-state index is 12.6. The van der Waals surface area contributed by atoms with Gasteiger partial charge in [0, 0.05) is 18.1 Å². The molecule has 1 saturated heterocycles.